The molecule has 0 N–H and O–H groups in total. The fourth-order valence-corrected chi connectivity index (χ4v) is 4.39. The summed E-state index contributed by atoms with van der Waals surface area (Å²) < 4.78 is 23.4. The van der Waals surface area contributed by atoms with Crippen molar-refractivity contribution in [3.63, 3.8) is 0 Å². The van der Waals surface area contributed by atoms with Crippen LogP contribution in [0.4, 0.5) is 0 Å². The highest BCUT2D eigenvalue weighted by Gasteiger charge is 2.27. The first-order valence-electron chi connectivity index (χ1n) is 9.39. The van der Waals surface area contributed by atoms with Gasteiger partial charge in [0.1, 0.15) is 9.84 Å². The lowest BCUT2D eigenvalue weighted by Crippen LogP contribution is -2.22. The van der Waals surface area contributed by atoms with Crippen LogP contribution in [0.1, 0.15) is 56.7 Å². The first kappa shape index (κ1) is 20.7. The van der Waals surface area contributed by atoms with Gasteiger partial charge < -0.3 is 0 Å². The van der Waals surface area contributed by atoms with Gasteiger partial charge >= 0.3 is 0 Å². The van der Waals surface area contributed by atoms with Crippen LogP contribution >= 0.6 is 0 Å². The monoisotopic (exact) mass is 372 g/mol. The van der Waals surface area contributed by atoms with Crippen LogP contribution in [0.2, 0.25) is 0 Å². The maximum atomic E-state index is 11.7. The summed E-state index contributed by atoms with van der Waals surface area (Å²) in [5.41, 5.74) is 4.06. The largest absolute Gasteiger partial charge is 0.229 e. The maximum absolute atomic E-state index is 11.7. The van der Waals surface area contributed by atoms with Crippen molar-refractivity contribution in [1.82, 2.24) is 0 Å². The van der Waals surface area contributed by atoms with Crippen LogP contribution in [0.3, 0.4) is 0 Å². The third kappa shape index (κ3) is 5.98. The molecule has 2 rings (SSSR count). The van der Waals surface area contributed by atoms with Gasteiger partial charge in [0, 0.05) is 6.26 Å². The summed E-state index contributed by atoms with van der Waals surface area (Å²) in [6.07, 6.45) is 2.95. The summed E-state index contributed by atoms with van der Waals surface area (Å²) in [6.45, 7) is 8.92. The van der Waals surface area contributed by atoms with Crippen LogP contribution in [0.15, 0.2) is 54.6 Å². The Kier molecular flexibility index (Phi) is 6.68. The summed E-state index contributed by atoms with van der Waals surface area (Å²) in [4.78, 5) is 0. The predicted molar refractivity (Wildman–Crippen MR) is 112 cm³/mol. The molecule has 2 aromatic carbocycles. The van der Waals surface area contributed by atoms with Crippen LogP contribution in [0.5, 0.6) is 0 Å². The Morgan fingerprint density at radius 2 is 1.50 bits per heavy atom. The van der Waals surface area contributed by atoms with Crippen LogP contribution < -0.4 is 0 Å². The van der Waals surface area contributed by atoms with Gasteiger partial charge in [-0.25, -0.2) is 8.42 Å². The molecule has 3 heteroatoms. The van der Waals surface area contributed by atoms with Crippen molar-refractivity contribution in [3.05, 3.63) is 71.3 Å². The van der Waals surface area contributed by atoms with Crippen LogP contribution in [-0.2, 0) is 21.7 Å². The molecule has 0 aliphatic heterocycles. The van der Waals surface area contributed by atoms with Gasteiger partial charge in [-0.05, 0) is 46.8 Å². The minimum absolute atomic E-state index is 0.0576. The van der Waals surface area contributed by atoms with Crippen LogP contribution in [0.25, 0.3) is 0 Å². The van der Waals surface area contributed by atoms with E-state index in [4.69, 9.17) is 0 Å². The van der Waals surface area contributed by atoms with Crippen LogP contribution in [-0.4, -0.2) is 20.4 Å². The molecule has 142 valence electrons. The van der Waals surface area contributed by atoms with Crippen molar-refractivity contribution in [2.24, 2.45) is 5.92 Å². The first-order valence-corrected chi connectivity index (χ1v) is 11.4. The quantitative estimate of drug-likeness (QED) is 0.654. The third-order valence-electron chi connectivity index (χ3n) is 5.10. The van der Waals surface area contributed by atoms with Gasteiger partial charge in [0.15, 0.2) is 0 Å². The molecule has 0 fully saturated rings. The Hall–Kier alpha value is -1.61. The average molecular weight is 373 g/mol. The zero-order chi connectivity index (χ0) is 19.4. The predicted octanol–water partition coefficient (Wildman–Crippen LogP) is 5.38. The molecule has 0 heterocycles. The normalized spacial score (nSPS) is 14.8. The molecule has 2 unspecified atom stereocenters. The number of rotatable bonds is 7. The molecule has 0 spiro atoms. The molecule has 0 aliphatic rings. The molecular weight excluding hydrogens is 340 g/mol. The Morgan fingerprint density at radius 3 is 2.08 bits per heavy atom. The summed E-state index contributed by atoms with van der Waals surface area (Å²) in [5.74, 6) is 0.833. The minimum Gasteiger partial charge on any atom is -0.229 e. The SMILES string of the molecule is CC(CCS(C)(=O)=O)C(Cc1ccccc1)c1ccccc1C(C)(C)C. The topological polar surface area (TPSA) is 34.1 Å². The van der Waals surface area contributed by atoms with E-state index < -0.39 is 9.84 Å². The highest BCUT2D eigenvalue weighted by molar-refractivity contribution is 7.90. The molecule has 0 aromatic heterocycles. The number of hydrogen-bond donors (Lipinski definition) is 0. The Morgan fingerprint density at radius 1 is 0.923 bits per heavy atom. The molecular formula is C23H32O2S. The van der Waals surface area contributed by atoms with Crippen molar-refractivity contribution < 1.29 is 8.42 Å². The second kappa shape index (κ2) is 8.39. The molecule has 2 aromatic rings. The van der Waals surface area contributed by atoms with Crippen molar-refractivity contribution in [1.29, 1.82) is 0 Å². The smallest absolute Gasteiger partial charge is 0.147 e. The third-order valence-corrected chi connectivity index (χ3v) is 6.07. The van der Waals surface area contributed by atoms with Crippen molar-refractivity contribution in [3.8, 4) is 0 Å². The van der Waals surface area contributed by atoms with E-state index in [0.717, 1.165) is 6.42 Å². The summed E-state index contributed by atoms with van der Waals surface area (Å²) in [5, 5.41) is 0. The zero-order valence-corrected chi connectivity index (χ0v) is 17.5. The second-order valence-electron chi connectivity index (χ2n) is 8.53. The lowest BCUT2D eigenvalue weighted by Gasteiger charge is -2.31. The second-order valence-corrected chi connectivity index (χ2v) is 10.8. The summed E-state index contributed by atoms with van der Waals surface area (Å²) in [6, 6.07) is 19.2. The van der Waals surface area contributed by atoms with E-state index in [0.29, 0.717) is 12.3 Å². The molecule has 26 heavy (non-hydrogen) atoms. The van der Waals surface area contributed by atoms with E-state index in [1.54, 1.807) is 0 Å². The molecule has 0 bridgehead atoms. The molecule has 0 radical (unpaired) electrons. The van der Waals surface area contributed by atoms with E-state index >= 15 is 0 Å². The average Bonchev–Trinajstić information content (AvgIpc) is 2.57. The van der Waals surface area contributed by atoms with Gasteiger partial charge in [-0.2, -0.15) is 0 Å². The van der Waals surface area contributed by atoms with E-state index in [-0.39, 0.29) is 17.1 Å². The minimum atomic E-state index is -2.95. The first-order chi connectivity index (χ1) is 12.1. The van der Waals surface area contributed by atoms with Crippen molar-refractivity contribution in [2.75, 3.05) is 12.0 Å². The fourth-order valence-electron chi connectivity index (χ4n) is 3.59. The Balaban J connectivity index is 2.41. The summed E-state index contributed by atoms with van der Waals surface area (Å²) in [7, 11) is -2.95. The number of benzene rings is 2. The van der Waals surface area contributed by atoms with Gasteiger partial charge in [0.05, 0.1) is 5.75 Å². The van der Waals surface area contributed by atoms with Gasteiger partial charge in [-0.3, -0.25) is 0 Å². The van der Waals surface area contributed by atoms with Crippen LogP contribution in [0, 0.1) is 5.92 Å². The molecule has 0 aliphatic carbocycles. The molecule has 2 nitrogen and oxygen atoms in total. The zero-order valence-electron chi connectivity index (χ0n) is 16.7. The van der Waals surface area contributed by atoms with Gasteiger partial charge in [-0.1, -0.05) is 82.3 Å². The maximum Gasteiger partial charge on any atom is 0.147 e. The standard InChI is InChI=1S/C23H32O2S/c1-18(15-16-26(5,24)25)21(17-19-11-7-6-8-12-19)20-13-9-10-14-22(20)23(2,3)4/h6-14,18,21H,15-17H2,1-5H3. The van der Waals surface area contributed by atoms with Gasteiger partial charge in [0.25, 0.3) is 0 Å². The van der Waals surface area contributed by atoms with Crippen molar-refractivity contribution >= 4 is 9.84 Å². The lowest BCUT2D eigenvalue weighted by molar-refractivity contribution is 0.432. The lowest BCUT2D eigenvalue weighted by atomic mass is 9.74. The Labute approximate surface area is 159 Å². The molecule has 0 amide bonds. The number of sulfone groups is 1. The Bertz CT molecular complexity index is 802. The molecule has 0 saturated heterocycles. The van der Waals surface area contributed by atoms with Gasteiger partial charge in [-0.15, -0.1) is 0 Å². The molecule has 2 atom stereocenters. The van der Waals surface area contributed by atoms with E-state index in [9.17, 15) is 8.42 Å². The van der Waals surface area contributed by atoms with E-state index in [1.165, 1.54) is 22.9 Å². The molecule has 0 saturated carbocycles. The van der Waals surface area contributed by atoms with Crippen molar-refractivity contribution in [2.45, 2.75) is 51.9 Å². The highest BCUT2D eigenvalue weighted by Crippen LogP contribution is 2.37. The number of hydrogen-bond acceptors (Lipinski definition) is 2. The van der Waals surface area contributed by atoms with Gasteiger partial charge in [0.2, 0.25) is 0 Å². The fraction of sp³-hybridized carbons (Fsp3) is 0.478. The van der Waals surface area contributed by atoms with E-state index in [2.05, 4.69) is 76.2 Å². The highest BCUT2D eigenvalue weighted by atomic mass is 32.2. The summed E-state index contributed by atoms with van der Waals surface area (Å²) >= 11 is 0. The van der Waals surface area contributed by atoms with E-state index in [1.807, 2.05) is 6.07 Å².